The van der Waals surface area contributed by atoms with Gasteiger partial charge in [0.05, 0.1) is 29.2 Å². The lowest BCUT2D eigenvalue weighted by molar-refractivity contribution is -0.0516. The molecule has 204 valence electrons. The maximum absolute atomic E-state index is 14.1. The average Bonchev–Trinajstić information content (AvgIpc) is 3.39. The van der Waals surface area contributed by atoms with Crippen LogP contribution in [0.2, 0.25) is 0 Å². The van der Waals surface area contributed by atoms with Gasteiger partial charge in [-0.15, -0.1) is 0 Å². The van der Waals surface area contributed by atoms with E-state index in [1.165, 1.54) is 50.6 Å². The highest BCUT2D eigenvalue weighted by Crippen LogP contribution is 2.34. The van der Waals surface area contributed by atoms with Crippen molar-refractivity contribution in [3.63, 3.8) is 0 Å². The fourth-order valence-electron chi connectivity index (χ4n) is 4.45. The number of hydrogen-bond donors (Lipinski definition) is 2. The molecule has 0 spiro atoms. The van der Waals surface area contributed by atoms with Crippen molar-refractivity contribution in [2.75, 3.05) is 18.0 Å². The van der Waals surface area contributed by atoms with Gasteiger partial charge < -0.3 is 15.1 Å². The SMILES string of the molecule is CC(C)(O)[C@@H](O)c1cc2nc(N3CCC(=Cc4ccc(F)cc4F)CC3)c(-c3cnn(C(F)F)c3)nc2cn1. The van der Waals surface area contributed by atoms with Gasteiger partial charge in [-0.2, -0.15) is 13.9 Å². The van der Waals surface area contributed by atoms with Gasteiger partial charge in [0, 0.05) is 36.5 Å². The van der Waals surface area contributed by atoms with E-state index in [9.17, 15) is 27.8 Å². The standard InChI is InChI=1S/C27H26F4N6O2/c1-27(2,39)24(38)21-11-20-22(13-32-21)34-23(17-12-33-37(14-17)26(30)31)25(35-20)36-7-5-15(6-8-36)9-16-3-4-18(28)10-19(16)29/h3-4,9-14,24,26,38-39H,5-8H2,1-2H3/t24-/m0/s1. The summed E-state index contributed by atoms with van der Waals surface area (Å²) in [6, 6.07) is 4.98. The van der Waals surface area contributed by atoms with Crippen LogP contribution in [0.3, 0.4) is 0 Å². The lowest BCUT2D eigenvalue weighted by atomic mass is 9.98. The molecule has 5 rings (SSSR count). The third kappa shape index (κ3) is 5.62. The molecule has 3 aromatic heterocycles. The van der Waals surface area contributed by atoms with Crippen molar-refractivity contribution in [3.8, 4) is 11.3 Å². The van der Waals surface area contributed by atoms with E-state index in [1.54, 1.807) is 6.08 Å². The Labute approximate surface area is 221 Å². The molecule has 0 amide bonds. The highest BCUT2D eigenvalue weighted by Gasteiger charge is 2.28. The van der Waals surface area contributed by atoms with Crippen LogP contribution in [0.15, 0.2) is 48.4 Å². The minimum absolute atomic E-state index is 0.207. The molecule has 0 radical (unpaired) electrons. The minimum Gasteiger partial charge on any atom is -0.387 e. The number of alkyl halides is 2. The van der Waals surface area contributed by atoms with Crippen LogP contribution < -0.4 is 4.90 Å². The smallest absolute Gasteiger partial charge is 0.333 e. The van der Waals surface area contributed by atoms with E-state index >= 15 is 0 Å². The van der Waals surface area contributed by atoms with Gasteiger partial charge in [0.25, 0.3) is 0 Å². The Kier molecular flexibility index (Phi) is 7.08. The highest BCUT2D eigenvalue weighted by molar-refractivity contribution is 5.83. The Morgan fingerprint density at radius 1 is 1.03 bits per heavy atom. The maximum Gasteiger partial charge on any atom is 0.333 e. The van der Waals surface area contributed by atoms with E-state index in [2.05, 4.69) is 15.1 Å². The molecule has 8 nitrogen and oxygen atoms in total. The molecule has 0 unspecified atom stereocenters. The predicted octanol–water partition coefficient (Wildman–Crippen LogP) is 5.05. The summed E-state index contributed by atoms with van der Waals surface area (Å²) in [5, 5.41) is 24.4. The van der Waals surface area contributed by atoms with Crippen LogP contribution in [-0.2, 0) is 0 Å². The summed E-state index contributed by atoms with van der Waals surface area (Å²) in [5.41, 5.74) is 1.49. The van der Waals surface area contributed by atoms with E-state index in [1.807, 2.05) is 4.90 Å². The van der Waals surface area contributed by atoms with Crippen LogP contribution in [0.4, 0.5) is 23.4 Å². The number of hydrogen-bond acceptors (Lipinski definition) is 7. The molecule has 1 fully saturated rings. The zero-order valence-corrected chi connectivity index (χ0v) is 21.2. The molecule has 0 bridgehead atoms. The van der Waals surface area contributed by atoms with Crippen molar-refractivity contribution < 1.29 is 27.8 Å². The van der Waals surface area contributed by atoms with Crippen molar-refractivity contribution >= 4 is 22.9 Å². The van der Waals surface area contributed by atoms with E-state index < -0.39 is 29.9 Å². The molecule has 39 heavy (non-hydrogen) atoms. The topological polar surface area (TPSA) is 100 Å². The Morgan fingerprint density at radius 2 is 1.77 bits per heavy atom. The number of aliphatic hydroxyl groups is 2. The molecule has 0 saturated carbocycles. The number of fused-ring (bicyclic) bond motifs is 1. The van der Waals surface area contributed by atoms with E-state index in [4.69, 9.17) is 4.98 Å². The quantitative estimate of drug-likeness (QED) is 0.329. The van der Waals surface area contributed by atoms with Crippen molar-refractivity contribution in [3.05, 3.63) is 71.3 Å². The summed E-state index contributed by atoms with van der Waals surface area (Å²) in [6.45, 7) is 1.06. The van der Waals surface area contributed by atoms with E-state index in [0.29, 0.717) is 64.3 Å². The zero-order chi connectivity index (χ0) is 27.9. The van der Waals surface area contributed by atoms with Crippen LogP contribution in [0, 0.1) is 11.6 Å². The second-order valence-electron chi connectivity index (χ2n) is 9.99. The van der Waals surface area contributed by atoms with Gasteiger partial charge in [0.15, 0.2) is 5.82 Å². The summed E-state index contributed by atoms with van der Waals surface area (Å²) in [7, 11) is 0. The van der Waals surface area contributed by atoms with Gasteiger partial charge in [0.1, 0.15) is 28.9 Å². The number of rotatable bonds is 6. The van der Waals surface area contributed by atoms with Crippen LogP contribution in [0.5, 0.6) is 0 Å². The molecule has 12 heteroatoms. The molecule has 0 aliphatic carbocycles. The number of anilines is 1. The molecular weight excluding hydrogens is 516 g/mol. The average molecular weight is 543 g/mol. The van der Waals surface area contributed by atoms with Gasteiger partial charge in [-0.25, -0.2) is 23.4 Å². The van der Waals surface area contributed by atoms with Crippen LogP contribution in [0.1, 0.15) is 50.6 Å². The third-order valence-corrected chi connectivity index (χ3v) is 6.60. The molecule has 4 aromatic rings. The van der Waals surface area contributed by atoms with Crippen LogP contribution >= 0.6 is 0 Å². The van der Waals surface area contributed by atoms with Gasteiger partial charge in [-0.3, -0.25) is 4.98 Å². The Hall–Kier alpha value is -3.90. The molecular formula is C27H26F4N6O2. The van der Waals surface area contributed by atoms with Crippen molar-refractivity contribution in [2.24, 2.45) is 0 Å². The molecule has 1 aliphatic heterocycles. The number of halogens is 4. The largest absolute Gasteiger partial charge is 0.387 e. The maximum atomic E-state index is 14.1. The van der Waals surface area contributed by atoms with Gasteiger partial charge in [-0.1, -0.05) is 11.6 Å². The third-order valence-electron chi connectivity index (χ3n) is 6.60. The van der Waals surface area contributed by atoms with Crippen LogP contribution in [-0.4, -0.2) is 53.6 Å². The van der Waals surface area contributed by atoms with Gasteiger partial charge >= 0.3 is 6.55 Å². The number of pyridine rings is 1. The first-order valence-corrected chi connectivity index (χ1v) is 12.3. The Balaban J connectivity index is 1.51. The molecule has 1 aliphatic rings. The Bertz CT molecular complexity index is 1540. The Morgan fingerprint density at radius 3 is 2.41 bits per heavy atom. The molecule has 1 atom stereocenters. The first kappa shape index (κ1) is 26.7. The fourth-order valence-corrected chi connectivity index (χ4v) is 4.45. The molecule has 2 N–H and O–H groups in total. The van der Waals surface area contributed by atoms with Crippen molar-refractivity contribution in [1.82, 2.24) is 24.7 Å². The summed E-state index contributed by atoms with van der Waals surface area (Å²) in [5.74, 6) is -0.852. The number of aromatic nitrogens is 5. The number of nitrogens with zero attached hydrogens (tertiary/aromatic N) is 6. The van der Waals surface area contributed by atoms with Crippen molar-refractivity contribution in [2.45, 2.75) is 44.9 Å². The van der Waals surface area contributed by atoms with Gasteiger partial charge in [-0.05, 0) is 44.9 Å². The van der Waals surface area contributed by atoms with E-state index in [-0.39, 0.29) is 5.69 Å². The molecule has 1 aromatic carbocycles. The summed E-state index contributed by atoms with van der Waals surface area (Å²) < 4.78 is 54.4. The number of benzene rings is 1. The number of piperidine rings is 1. The number of aliphatic hydroxyl groups excluding tert-OH is 1. The summed E-state index contributed by atoms with van der Waals surface area (Å²) >= 11 is 0. The summed E-state index contributed by atoms with van der Waals surface area (Å²) in [6.07, 6.45) is 5.45. The fraction of sp³-hybridized carbons (Fsp3) is 0.333. The zero-order valence-electron chi connectivity index (χ0n) is 21.2. The summed E-state index contributed by atoms with van der Waals surface area (Å²) in [4.78, 5) is 15.6. The first-order valence-electron chi connectivity index (χ1n) is 12.3. The normalized spacial score (nSPS) is 15.3. The second-order valence-corrected chi connectivity index (χ2v) is 9.99. The van der Waals surface area contributed by atoms with Crippen LogP contribution in [0.25, 0.3) is 28.4 Å². The molecule has 1 saturated heterocycles. The molecule has 4 heterocycles. The predicted molar refractivity (Wildman–Crippen MR) is 137 cm³/mol. The lowest BCUT2D eigenvalue weighted by Crippen LogP contribution is -2.32. The van der Waals surface area contributed by atoms with Crippen molar-refractivity contribution in [1.29, 1.82) is 0 Å². The monoisotopic (exact) mass is 542 g/mol. The second kappa shape index (κ2) is 10.3. The highest BCUT2D eigenvalue weighted by atomic mass is 19.3. The van der Waals surface area contributed by atoms with Gasteiger partial charge in [0.2, 0.25) is 0 Å². The van der Waals surface area contributed by atoms with E-state index in [0.717, 1.165) is 11.6 Å². The first-order chi connectivity index (χ1) is 18.5. The minimum atomic E-state index is -2.82. The lowest BCUT2D eigenvalue weighted by Gasteiger charge is -2.31.